The largest absolute Gasteiger partial charge is 0.475 e. The van der Waals surface area contributed by atoms with Gasteiger partial charge in [-0.05, 0) is 31.9 Å². The molecule has 0 radical (unpaired) electrons. The van der Waals surface area contributed by atoms with Crippen molar-refractivity contribution in [2.75, 3.05) is 13.6 Å². The van der Waals surface area contributed by atoms with Crippen LogP contribution in [0, 0.1) is 5.92 Å². The van der Waals surface area contributed by atoms with Crippen LogP contribution < -0.4 is 0 Å². The molecule has 0 amide bonds. The first-order valence-corrected chi connectivity index (χ1v) is 7.57. The number of benzene rings is 1. The van der Waals surface area contributed by atoms with Gasteiger partial charge in [-0.2, -0.15) is 0 Å². The molecule has 1 fully saturated rings. The first-order valence-electron chi connectivity index (χ1n) is 7.57. The molecule has 2 aromatic rings. The maximum absolute atomic E-state index is 11.4. The minimum Gasteiger partial charge on any atom is -0.475 e. The minimum atomic E-state index is -0.990. The van der Waals surface area contributed by atoms with Gasteiger partial charge in [0.05, 0.1) is 0 Å². The van der Waals surface area contributed by atoms with Gasteiger partial charge in [0.1, 0.15) is 5.58 Å². The van der Waals surface area contributed by atoms with Crippen LogP contribution in [-0.2, 0) is 6.54 Å². The van der Waals surface area contributed by atoms with Gasteiger partial charge in [0, 0.05) is 24.0 Å². The Morgan fingerprint density at radius 2 is 2.05 bits per heavy atom. The fourth-order valence-corrected chi connectivity index (χ4v) is 3.40. The molecule has 1 aromatic carbocycles. The number of para-hydroxylation sites is 1. The highest BCUT2D eigenvalue weighted by molar-refractivity contribution is 5.95. The van der Waals surface area contributed by atoms with E-state index in [1.165, 1.54) is 25.7 Å². The number of hydrogen-bond acceptors (Lipinski definition) is 3. The molecule has 1 aliphatic carbocycles. The molecule has 0 spiro atoms. The zero-order valence-corrected chi connectivity index (χ0v) is 12.3. The van der Waals surface area contributed by atoms with Gasteiger partial charge >= 0.3 is 5.97 Å². The van der Waals surface area contributed by atoms with Gasteiger partial charge in [-0.25, -0.2) is 4.79 Å². The average Bonchev–Trinajstić information content (AvgIpc) is 3.07. The van der Waals surface area contributed by atoms with Gasteiger partial charge in [-0.3, -0.25) is 0 Å². The van der Waals surface area contributed by atoms with Gasteiger partial charge in [0.2, 0.25) is 5.76 Å². The first-order chi connectivity index (χ1) is 10.1. The second-order valence-electron chi connectivity index (χ2n) is 6.06. The Hall–Kier alpha value is -1.81. The summed E-state index contributed by atoms with van der Waals surface area (Å²) in [5.41, 5.74) is 1.44. The number of nitrogens with zero attached hydrogens (tertiary/aromatic N) is 1. The van der Waals surface area contributed by atoms with Crippen LogP contribution in [0.1, 0.15) is 41.8 Å². The van der Waals surface area contributed by atoms with E-state index < -0.39 is 5.97 Å². The third-order valence-electron chi connectivity index (χ3n) is 4.37. The van der Waals surface area contributed by atoms with Crippen LogP contribution in [0.15, 0.2) is 28.7 Å². The number of carbonyl (C=O) groups is 1. The third kappa shape index (κ3) is 2.95. The van der Waals surface area contributed by atoms with Crippen LogP contribution in [0.3, 0.4) is 0 Å². The molecule has 0 atom stereocenters. The van der Waals surface area contributed by atoms with Gasteiger partial charge in [-0.1, -0.05) is 31.0 Å². The fraction of sp³-hybridized carbons (Fsp3) is 0.471. The highest BCUT2D eigenvalue weighted by atomic mass is 16.4. The molecule has 0 aliphatic heterocycles. The van der Waals surface area contributed by atoms with E-state index >= 15 is 0 Å². The summed E-state index contributed by atoms with van der Waals surface area (Å²) in [6, 6.07) is 7.54. The standard InChI is InChI=1S/C17H21NO3/c1-18(10-12-6-2-3-7-12)11-14-13-8-4-5-9-15(13)21-16(14)17(19)20/h4-5,8-9,12H,2-3,6-7,10-11H2,1H3,(H,19,20). The normalized spacial score (nSPS) is 16.1. The smallest absolute Gasteiger partial charge is 0.372 e. The van der Waals surface area contributed by atoms with Crippen molar-refractivity contribution in [2.45, 2.75) is 32.2 Å². The summed E-state index contributed by atoms with van der Waals surface area (Å²) >= 11 is 0. The molecule has 1 heterocycles. The summed E-state index contributed by atoms with van der Waals surface area (Å²) in [7, 11) is 2.06. The van der Waals surface area contributed by atoms with Crippen molar-refractivity contribution in [3.05, 3.63) is 35.6 Å². The zero-order chi connectivity index (χ0) is 14.8. The van der Waals surface area contributed by atoms with Crippen LogP contribution in [0.2, 0.25) is 0 Å². The molecule has 0 saturated heterocycles. The molecule has 4 heteroatoms. The van der Waals surface area contributed by atoms with Crippen molar-refractivity contribution in [3.63, 3.8) is 0 Å². The Morgan fingerprint density at radius 1 is 1.33 bits per heavy atom. The molecule has 0 bridgehead atoms. The van der Waals surface area contributed by atoms with Gasteiger partial charge < -0.3 is 14.4 Å². The van der Waals surface area contributed by atoms with Crippen LogP contribution in [0.4, 0.5) is 0 Å². The van der Waals surface area contributed by atoms with Crippen molar-refractivity contribution in [1.29, 1.82) is 0 Å². The molecule has 1 aromatic heterocycles. The van der Waals surface area contributed by atoms with Gasteiger partial charge in [0.15, 0.2) is 0 Å². The van der Waals surface area contributed by atoms with E-state index in [1.807, 2.05) is 24.3 Å². The summed E-state index contributed by atoms with van der Waals surface area (Å²) in [5, 5.41) is 10.3. The highest BCUT2D eigenvalue weighted by Crippen LogP contribution is 2.29. The lowest BCUT2D eigenvalue weighted by Gasteiger charge is -2.20. The molecule has 1 aliphatic rings. The summed E-state index contributed by atoms with van der Waals surface area (Å²) in [6.45, 7) is 1.65. The van der Waals surface area contributed by atoms with E-state index in [1.54, 1.807) is 0 Å². The van der Waals surface area contributed by atoms with Crippen molar-refractivity contribution < 1.29 is 14.3 Å². The second-order valence-corrected chi connectivity index (χ2v) is 6.06. The van der Waals surface area contributed by atoms with Gasteiger partial charge in [0.25, 0.3) is 0 Å². The Labute approximate surface area is 124 Å². The summed E-state index contributed by atoms with van der Waals surface area (Å²) in [6.07, 6.45) is 5.24. The number of hydrogen-bond donors (Lipinski definition) is 1. The molecule has 1 saturated carbocycles. The average molecular weight is 287 g/mol. The molecule has 3 rings (SSSR count). The second kappa shape index (κ2) is 5.90. The van der Waals surface area contributed by atoms with E-state index in [-0.39, 0.29) is 5.76 Å². The Bertz CT molecular complexity index is 641. The first kappa shape index (κ1) is 14.1. The minimum absolute atomic E-state index is 0.0782. The summed E-state index contributed by atoms with van der Waals surface area (Å²) < 4.78 is 5.51. The van der Waals surface area contributed by atoms with E-state index in [0.717, 1.165) is 23.4 Å². The van der Waals surface area contributed by atoms with Crippen molar-refractivity contribution in [2.24, 2.45) is 5.92 Å². The topological polar surface area (TPSA) is 53.7 Å². The van der Waals surface area contributed by atoms with E-state index in [4.69, 9.17) is 4.42 Å². The SMILES string of the molecule is CN(Cc1c(C(=O)O)oc2ccccc12)CC1CCCC1. The quantitative estimate of drug-likeness (QED) is 0.910. The number of carboxylic acid groups (broad SMARTS) is 1. The number of furan rings is 1. The van der Waals surface area contributed by atoms with E-state index in [0.29, 0.717) is 12.1 Å². The lowest BCUT2D eigenvalue weighted by atomic mass is 10.1. The lowest BCUT2D eigenvalue weighted by molar-refractivity contribution is 0.0662. The lowest BCUT2D eigenvalue weighted by Crippen LogP contribution is -2.24. The van der Waals surface area contributed by atoms with E-state index in [2.05, 4.69) is 11.9 Å². The van der Waals surface area contributed by atoms with Crippen LogP contribution in [0.5, 0.6) is 0 Å². The van der Waals surface area contributed by atoms with Crippen LogP contribution in [-0.4, -0.2) is 29.6 Å². The summed E-state index contributed by atoms with van der Waals surface area (Å²) in [5.74, 6) is -0.161. The molecule has 4 nitrogen and oxygen atoms in total. The van der Waals surface area contributed by atoms with Crippen LogP contribution >= 0.6 is 0 Å². The molecular weight excluding hydrogens is 266 g/mol. The Kier molecular flexibility index (Phi) is 3.97. The highest BCUT2D eigenvalue weighted by Gasteiger charge is 2.22. The predicted octanol–water partition coefficient (Wildman–Crippen LogP) is 3.75. The molecule has 1 N–H and O–H groups in total. The number of fused-ring (bicyclic) bond motifs is 1. The Morgan fingerprint density at radius 3 is 2.76 bits per heavy atom. The maximum atomic E-state index is 11.4. The van der Waals surface area contributed by atoms with Crippen molar-refractivity contribution in [3.8, 4) is 0 Å². The van der Waals surface area contributed by atoms with E-state index in [9.17, 15) is 9.90 Å². The number of carboxylic acids is 1. The molecule has 0 unspecified atom stereocenters. The molecule has 112 valence electrons. The van der Waals surface area contributed by atoms with Gasteiger partial charge in [-0.15, -0.1) is 0 Å². The fourth-order valence-electron chi connectivity index (χ4n) is 3.40. The maximum Gasteiger partial charge on any atom is 0.372 e. The zero-order valence-electron chi connectivity index (χ0n) is 12.3. The van der Waals surface area contributed by atoms with Crippen molar-refractivity contribution >= 4 is 16.9 Å². The predicted molar refractivity (Wildman–Crippen MR) is 81.5 cm³/mol. The molecule has 21 heavy (non-hydrogen) atoms. The monoisotopic (exact) mass is 287 g/mol. The Balaban J connectivity index is 1.84. The summed E-state index contributed by atoms with van der Waals surface area (Å²) in [4.78, 5) is 13.6. The van der Waals surface area contributed by atoms with Crippen molar-refractivity contribution in [1.82, 2.24) is 4.90 Å². The van der Waals surface area contributed by atoms with Crippen LogP contribution in [0.25, 0.3) is 11.0 Å². The number of rotatable bonds is 5. The number of aromatic carboxylic acids is 1. The third-order valence-corrected chi connectivity index (χ3v) is 4.37. The molecular formula is C17H21NO3.